The van der Waals surface area contributed by atoms with Crippen molar-refractivity contribution in [3.05, 3.63) is 59.5 Å². The molecule has 1 heterocycles. The molecule has 1 N–H and O–H groups in total. The van der Waals surface area contributed by atoms with Crippen molar-refractivity contribution in [3.8, 4) is 22.9 Å². The first-order chi connectivity index (χ1) is 14.4. The number of halogens is 3. The number of benzene rings is 2. The van der Waals surface area contributed by atoms with E-state index in [4.69, 9.17) is 14.0 Å². The number of aromatic nitrogens is 2. The van der Waals surface area contributed by atoms with Crippen molar-refractivity contribution >= 4 is 0 Å². The van der Waals surface area contributed by atoms with Crippen molar-refractivity contribution in [2.24, 2.45) is 0 Å². The predicted octanol–water partition coefficient (Wildman–Crippen LogP) is 4.15. The quantitative estimate of drug-likeness (QED) is 0.524. The first-order valence-electron chi connectivity index (χ1n) is 9.32. The zero-order chi connectivity index (χ0) is 21.6. The van der Waals surface area contributed by atoms with Gasteiger partial charge in [-0.05, 0) is 42.8 Å². The van der Waals surface area contributed by atoms with E-state index in [2.05, 4.69) is 15.5 Å². The maximum Gasteiger partial charge on any atom is 0.416 e. The van der Waals surface area contributed by atoms with Crippen LogP contribution in [-0.4, -0.2) is 37.4 Å². The molecule has 0 amide bonds. The largest absolute Gasteiger partial charge is 0.493 e. The zero-order valence-electron chi connectivity index (χ0n) is 16.6. The van der Waals surface area contributed by atoms with Gasteiger partial charge in [0.25, 0.3) is 0 Å². The molecule has 1 aromatic heterocycles. The van der Waals surface area contributed by atoms with Crippen LogP contribution in [-0.2, 0) is 19.0 Å². The van der Waals surface area contributed by atoms with E-state index in [1.807, 2.05) is 18.2 Å². The number of rotatable bonds is 9. The molecule has 160 valence electrons. The maximum atomic E-state index is 12.8. The highest BCUT2D eigenvalue weighted by atomic mass is 19.4. The van der Waals surface area contributed by atoms with Gasteiger partial charge in [-0.3, -0.25) is 0 Å². The minimum atomic E-state index is -4.42. The molecule has 30 heavy (non-hydrogen) atoms. The molecule has 2 aromatic carbocycles. The maximum absolute atomic E-state index is 12.8. The van der Waals surface area contributed by atoms with Gasteiger partial charge in [-0.25, -0.2) is 0 Å². The first-order valence-corrected chi connectivity index (χ1v) is 9.32. The lowest BCUT2D eigenvalue weighted by molar-refractivity contribution is -0.137. The third kappa shape index (κ3) is 5.50. The summed E-state index contributed by atoms with van der Waals surface area (Å²) in [4.78, 5) is 4.19. The minimum absolute atomic E-state index is 0.140. The minimum Gasteiger partial charge on any atom is -0.493 e. The highest BCUT2D eigenvalue weighted by Gasteiger charge is 2.30. The van der Waals surface area contributed by atoms with Crippen molar-refractivity contribution in [1.29, 1.82) is 0 Å². The molecule has 0 atom stereocenters. The van der Waals surface area contributed by atoms with Crippen LogP contribution in [0, 0.1) is 0 Å². The van der Waals surface area contributed by atoms with Crippen molar-refractivity contribution in [3.63, 3.8) is 0 Å². The lowest BCUT2D eigenvalue weighted by Crippen LogP contribution is -2.20. The zero-order valence-corrected chi connectivity index (χ0v) is 16.6. The summed E-state index contributed by atoms with van der Waals surface area (Å²) in [6.45, 7) is 1.32. The first kappa shape index (κ1) is 21.6. The van der Waals surface area contributed by atoms with E-state index in [-0.39, 0.29) is 11.4 Å². The van der Waals surface area contributed by atoms with E-state index in [9.17, 15) is 13.2 Å². The van der Waals surface area contributed by atoms with Gasteiger partial charge < -0.3 is 19.3 Å². The SMILES string of the molecule is COc1ccc(CCNCCc2nc(-c3cccc(C(F)(F)F)c3)no2)cc1OC. The second-order valence-electron chi connectivity index (χ2n) is 6.53. The van der Waals surface area contributed by atoms with Crippen LogP contribution in [0.15, 0.2) is 47.0 Å². The molecular weight excluding hydrogens is 399 g/mol. The topological polar surface area (TPSA) is 69.4 Å². The van der Waals surface area contributed by atoms with E-state index in [1.165, 1.54) is 12.1 Å². The van der Waals surface area contributed by atoms with Gasteiger partial charge in [0.05, 0.1) is 19.8 Å². The van der Waals surface area contributed by atoms with Crippen LogP contribution in [0.3, 0.4) is 0 Å². The third-order valence-corrected chi connectivity index (χ3v) is 4.47. The van der Waals surface area contributed by atoms with E-state index >= 15 is 0 Å². The highest BCUT2D eigenvalue weighted by Crippen LogP contribution is 2.31. The number of hydrogen-bond acceptors (Lipinski definition) is 6. The van der Waals surface area contributed by atoms with E-state index < -0.39 is 11.7 Å². The van der Waals surface area contributed by atoms with E-state index in [0.29, 0.717) is 30.4 Å². The van der Waals surface area contributed by atoms with Crippen molar-refractivity contribution in [1.82, 2.24) is 15.5 Å². The van der Waals surface area contributed by atoms with E-state index in [0.717, 1.165) is 30.7 Å². The van der Waals surface area contributed by atoms with Crippen LogP contribution in [0.5, 0.6) is 11.5 Å². The van der Waals surface area contributed by atoms with Gasteiger partial charge in [0.15, 0.2) is 11.5 Å². The Morgan fingerprint density at radius 2 is 1.73 bits per heavy atom. The van der Waals surface area contributed by atoms with Crippen LogP contribution < -0.4 is 14.8 Å². The van der Waals surface area contributed by atoms with Gasteiger partial charge in [-0.15, -0.1) is 0 Å². The average Bonchev–Trinajstić information content (AvgIpc) is 3.22. The lowest BCUT2D eigenvalue weighted by Gasteiger charge is -2.09. The fourth-order valence-electron chi connectivity index (χ4n) is 2.90. The summed E-state index contributed by atoms with van der Waals surface area (Å²) in [6.07, 6.45) is -3.15. The van der Waals surface area contributed by atoms with Gasteiger partial charge in [-0.2, -0.15) is 18.2 Å². The molecule has 0 aliphatic carbocycles. The Labute approximate surface area is 172 Å². The summed E-state index contributed by atoms with van der Waals surface area (Å²) < 4.78 is 54.2. The van der Waals surface area contributed by atoms with E-state index in [1.54, 1.807) is 14.2 Å². The smallest absolute Gasteiger partial charge is 0.416 e. The van der Waals surface area contributed by atoms with Crippen molar-refractivity contribution in [2.45, 2.75) is 19.0 Å². The molecule has 0 aliphatic rings. The summed E-state index contributed by atoms with van der Waals surface area (Å²) in [5.74, 6) is 1.87. The summed E-state index contributed by atoms with van der Waals surface area (Å²) in [7, 11) is 3.19. The molecule has 0 fully saturated rings. The predicted molar refractivity (Wildman–Crippen MR) is 105 cm³/mol. The molecule has 0 spiro atoms. The monoisotopic (exact) mass is 421 g/mol. The fourth-order valence-corrected chi connectivity index (χ4v) is 2.90. The van der Waals surface area contributed by atoms with Crippen molar-refractivity contribution in [2.75, 3.05) is 27.3 Å². The van der Waals surface area contributed by atoms with Crippen LogP contribution in [0.25, 0.3) is 11.4 Å². The summed E-state index contributed by atoms with van der Waals surface area (Å²) in [5, 5.41) is 7.06. The molecule has 0 radical (unpaired) electrons. The summed E-state index contributed by atoms with van der Waals surface area (Å²) in [5.41, 5.74) is 0.620. The molecule has 3 rings (SSSR count). The highest BCUT2D eigenvalue weighted by molar-refractivity contribution is 5.55. The number of nitrogens with zero attached hydrogens (tertiary/aromatic N) is 2. The second kappa shape index (κ2) is 9.62. The van der Waals surface area contributed by atoms with Gasteiger partial charge in [0.1, 0.15) is 0 Å². The number of hydrogen-bond donors (Lipinski definition) is 1. The lowest BCUT2D eigenvalue weighted by atomic mass is 10.1. The van der Waals surface area contributed by atoms with Crippen molar-refractivity contribution < 1.29 is 27.2 Å². The van der Waals surface area contributed by atoms with Crippen LogP contribution in [0.2, 0.25) is 0 Å². The van der Waals surface area contributed by atoms with Crippen LogP contribution >= 0.6 is 0 Å². The van der Waals surface area contributed by atoms with Gasteiger partial charge >= 0.3 is 6.18 Å². The Morgan fingerprint density at radius 1 is 0.967 bits per heavy atom. The average molecular weight is 421 g/mol. The molecule has 0 saturated heterocycles. The molecule has 0 bridgehead atoms. The van der Waals surface area contributed by atoms with Crippen LogP contribution in [0.1, 0.15) is 17.0 Å². The Hall–Kier alpha value is -3.07. The number of methoxy groups -OCH3 is 2. The number of alkyl halides is 3. The molecule has 0 saturated carbocycles. The summed E-state index contributed by atoms with van der Waals surface area (Å²) >= 11 is 0. The Bertz CT molecular complexity index is 973. The molecular formula is C21H22F3N3O3. The number of nitrogens with one attached hydrogen (secondary N) is 1. The standard InChI is InChI=1S/C21H22F3N3O3/c1-28-17-7-6-14(12-18(17)29-2)8-10-25-11-9-19-26-20(27-30-19)15-4-3-5-16(13-15)21(22,23)24/h3-7,12-13,25H,8-11H2,1-2H3. The molecule has 0 aliphatic heterocycles. The fraction of sp³-hybridized carbons (Fsp3) is 0.333. The van der Waals surface area contributed by atoms with Gasteiger partial charge in [0.2, 0.25) is 11.7 Å². The molecule has 3 aromatic rings. The molecule has 0 unspecified atom stereocenters. The van der Waals surface area contributed by atoms with Crippen LogP contribution in [0.4, 0.5) is 13.2 Å². The molecule has 9 heteroatoms. The Morgan fingerprint density at radius 3 is 2.47 bits per heavy atom. The molecule has 6 nitrogen and oxygen atoms in total. The Balaban J connectivity index is 1.48. The van der Waals surface area contributed by atoms with Gasteiger partial charge in [-0.1, -0.05) is 23.4 Å². The van der Waals surface area contributed by atoms with Gasteiger partial charge in [0, 0.05) is 18.5 Å². The normalized spacial score (nSPS) is 11.5. The third-order valence-electron chi connectivity index (χ3n) is 4.47. The second-order valence-corrected chi connectivity index (χ2v) is 6.53. The Kier molecular flexibility index (Phi) is 6.94. The number of ether oxygens (including phenoxy) is 2. The summed E-state index contributed by atoms with van der Waals surface area (Å²) in [6, 6.07) is 10.6.